The summed E-state index contributed by atoms with van der Waals surface area (Å²) in [6.45, 7) is 2.82. The van der Waals surface area contributed by atoms with Crippen LogP contribution in [0.4, 0.5) is 16.6 Å². The molecule has 3 N–H and O–H groups in total. The second-order valence-corrected chi connectivity index (χ2v) is 10.2. The molecule has 1 saturated carbocycles. The van der Waals surface area contributed by atoms with Crippen LogP contribution in [-0.2, 0) is 16.0 Å². The molecule has 0 radical (unpaired) electrons. The van der Waals surface area contributed by atoms with Crippen molar-refractivity contribution in [1.82, 2.24) is 25.1 Å². The average molecular weight is 522 g/mol. The lowest BCUT2D eigenvalue weighted by Crippen LogP contribution is -2.34. The molecule has 1 amide bonds. The molecule has 1 fully saturated rings. The van der Waals surface area contributed by atoms with Gasteiger partial charge in [-0.1, -0.05) is 23.5 Å². The number of ether oxygens (including phenoxy) is 1. The fraction of sp³-hybridized carbons (Fsp3) is 0.346. The molecule has 3 heterocycles. The van der Waals surface area contributed by atoms with E-state index in [-0.39, 0.29) is 12.3 Å². The van der Waals surface area contributed by atoms with Gasteiger partial charge in [0.25, 0.3) is 5.91 Å². The smallest absolute Gasteiger partial charge is 0.267 e. The van der Waals surface area contributed by atoms with Crippen LogP contribution in [0.15, 0.2) is 42.7 Å². The van der Waals surface area contributed by atoms with E-state index in [4.69, 9.17) is 4.74 Å². The van der Waals surface area contributed by atoms with Crippen molar-refractivity contribution in [3.05, 3.63) is 58.9 Å². The van der Waals surface area contributed by atoms with Gasteiger partial charge in [0.1, 0.15) is 17.0 Å². The van der Waals surface area contributed by atoms with Gasteiger partial charge in [0.2, 0.25) is 0 Å². The Labute approximate surface area is 219 Å². The molecule has 1 aromatic carbocycles. The van der Waals surface area contributed by atoms with E-state index in [1.165, 1.54) is 30.4 Å². The standard InChI is InChI=1S/C19H16N6O2S.C7H15NO/c1-11-5-6-14-13(9-21-25-14)17(11)24-18(27)15-10-20-19(28-15)23-16-4-2-3-12(22-16)7-8-26;1-8(2)7(4-5-7)6-9-3/h2-6,8-10H,7H2,1H3,(H,21,25)(H,24,27)(H,20,22,23);4-6H2,1-3H3. The van der Waals surface area contributed by atoms with E-state index in [0.717, 1.165) is 35.0 Å². The highest BCUT2D eigenvalue weighted by molar-refractivity contribution is 7.17. The first-order chi connectivity index (χ1) is 17.8. The zero-order valence-corrected chi connectivity index (χ0v) is 22.2. The van der Waals surface area contributed by atoms with Crippen molar-refractivity contribution in [1.29, 1.82) is 0 Å². The summed E-state index contributed by atoms with van der Waals surface area (Å²) in [4.78, 5) is 34.6. The van der Waals surface area contributed by atoms with Crippen LogP contribution in [0.25, 0.3) is 10.9 Å². The molecule has 194 valence electrons. The second kappa shape index (κ2) is 11.6. The van der Waals surface area contributed by atoms with Gasteiger partial charge in [0.15, 0.2) is 5.13 Å². The maximum absolute atomic E-state index is 12.7. The van der Waals surface area contributed by atoms with Crippen molar-refractivity contribution in [2.45, 2.75) is 31.7 Å². The number of pyridine rings is 1. The largest absolute Gasteiger partial charge is 0.383 e. The first kappa shape index (κ1) is 26.4. The number of nitrogens with zero attached hydrogens (tertiary/aromatic N) is 4. The molecular weight excluding hydrogens is 490 g/mol. The van der Waals surface area contributed by atoms with Gasteiger partial charge in [0.05, 0.1) is 30.2 Å². The highest BCUT2D eigenvalue weighted by Crippen LogP contribution is 2.39. The summed E-state index contributed by atoms with van der Waals surface area (Å²) in [5, 5.41) is 14.3. The molecule has 0 saturated heterocycles. The van der Waals surface area contributed by atoms with Crippen LogP contribution in [0.3, 0.4) is 0 Å². The Morgan fingerprint density at radius 2 is 2.05 bits per heavy atom. The van der Waals surface area contributed by atoms with Crippen molar-refractivity contribution < 1.29 is 14.3 Å². The van der Waals surface area contributed by atoms with Crippen LogP contribution in [0.1, 0.15) is 33.8 Å². The maximum Gasteiger partial charge on any atom is 0.267 e. The van der Waals surface area contributed by atoms with Crippen LogP contribution < -0.4 is 10.6 Å². The molecule has 37 heavy (non-hydrogen) atoms. The SMILES string of the molecule is COCC1(N(C)C)CC1.Cc1ccc2[nH]ncc2c1NC(=O)c1cnc(Nc2cccc(CC=O)n2)s1. The van der Waals surface area contributed by atoms with Gasteiger partial charge in [-0.3, -0.25) is 9.89 Å². The number of carbonyl (C=O) groups excluding carboxylic acids is 2. The number of rotatable bonds is 9. The minimum absolute atomic E-state index is 0.245. The normalized spacial score (nSPS) is 13.6. The lowest BCUT2D eigenvalue weighted by molar-refractivity contribution is -0.107. The van der Waals surface area contributed by atoms with Gasteiger partial charge in [-0.15, -0.1) is 0 Å². The maximum atomic E-state index is 12.7. The third-order valence-electron chi connectivity index (χ3n) is 6.32. The summed E-state index contributed by atoms with van der Waals surface area (Å²) in [5.41, 5.74) is 3.60. The summed E-state index contributed by atoms with van der Waals surface area (Å²) >= 11 is 1.22. The predicted molar refractivity (Wildman–Crippen MR) is 146 cm³/mol. The van der Waals surface area contributed by atoms with E-state index in [1.54, 1.807) is 25.4 Å². The number of fused-ring (bicyclic) bond motifs is 1. The van der Waals surface area contributed by atoms with E-state index in [9.17, 15) is 9.59 Å². The Balaban J connectivity index is 0.000000301. The summed E-state index contributed by atoms with van der Waals surface area (Å²) in [6, 6.07) is 9.21. The summed E-state index contributed by atoms with van der Waals surface area (Å²) in [7, 11) is 6.00. The molecule has 1 aliphatic carbocycles. The van der Waals surface area contributed by atoms with Crippen molar-refractivity contribution in [3.8, 4) is 0 Å². The first-order valence-electron chi connectivity index (χ1n) is 11.9. The molecule has 0 atom stereocenters. The molecule has 5 rings (SSSR count). The summed E-state index contributed by atoms with van der Waals surface area (Å²) in [6.07, 6.45) is 6.86. The number of carbonyl (C=O) groups is 2. The van der Waals surface area contributed by atoms with Crippen LogP contribution in [0, 0.1) is 6.92 Å². The molecule has 0 unspecified atom stereocenters. The number of aromatic amines is 1. The van der Waals surface area contributed by atoms with Crippen LogP contribution >= 0.6 is 11.3 Å². The van der Waals surface area contributed by atoms with E-state index < -0.39 is 0 Å². The lowest BCUT2D eigenvalue weighted by Gasteiger charge is -2.22. The molecule has 11 heteroatoms. The number of hydrogen-bond donors (Lipinski definition) is 3. The number of anilines is 3. The number of thiazole rings is 1. The highest BCUT2D eigenvalue weighted by Gasteiger charge is 2.44. The van der Waals surface area contributed by atoms with Crippen molar-refractivity contribution in [2.24, 2.45) is 0 Å². The van der Waals surface area contributed by atoms with Gasteiger partial charge in [-0.25, -0.2) is 9.97 Å². The fourth-order valence-corrected chi connectivity index (χ4v) is 4.61. The van der Waals surface area contributed by atoms with Crippen LogP contribution in [-0.4, -0.2) is 70.6 Å². The number of aldehydes is 1. The predicted octanol–water partition coefficient (Wildman–Crippen LogP) is 4.19. The zero-order valence-electron chi connectivity index (χ0n) is 21.4. The van der Waals surface area contributed by atoms with E-state index in [1.807, 2.05) is 25.1 Å². The summed E-state index contributed by atoms with van der Waals surface area (Å²) in [5.74, 6) is 0.324. The van der Waals surface area contributed by atoms with Crippen LogP contribution in [0.5, 0.6) is 0 Å². The zero-order chi connectivity index (χ0) is 26.4. The number of methoxy groups -OCH3 is 1. The number of amides is 1. The molecule has 0 spiro atoms. The number of likely N-dealkylation sites (N-methyl/N-ethyl adjacent to an activating group) is 1. The van der Waals surface area contributed by atoms with E-state index in [0.29, 0.717) is 27.1 Å². The molecule has 1 aliphatic rings. The molecular formula is C26H31N7O3S. The number of nitrogens with one attached hydrogen (secondary N) is 3. The Morgan fingerprint density at radius 1 is 1.24 bits per heavy atom. The second-order valence-electron chi connectivity index (χ2n) is 9.13. The van der Waals surface area contributed by atoms with Gasteiger partial charge in [0, 0.05) is 30.1 Å². The molecule has 0 bridgehead atoms. The number of aryl methyl sites for hydroxylation is 1. The minimum atomic E-state index is -0.245. The highest BCUT2D eigenvalue weighted by atomic mass is 32.1. The summed E-state index contributed by atoms with van der Waals surface area (Å²) < 4.78 is 5.09. The van der Waals surface area contributed by atoms with Gasteiger partial charge in [-0.05, 0) is 57.6 Å². The quantitative estimate of drug-likeness (QED) is 0.280. The minimum Gasteiger partial charge on any atom is -0.383 e. The monoisotopic (exact) mass is 521 g/mol. The number of benzene rings is 1. The average Bonchev–Trinajstić information content (AvgIpc) is 3.28. The Kier molecular flexibility index (Phi) is 8.27. The molecule has 0 aliphatic heterocycles. The van der Waals surface area contributed by atoms with Gasteiger partial charge >= 0.3 is 0 Å². The molecule has 4 aromatic rings. The van der Waals surface area contributed by atoms with Gasteiger partial charge < -0.3 is 25.1 Å². The van der Waals surface area contributed by atoms with Crippen molar-refractivity contribution >= 4 is 51.1 Å². The first-order valence-corrected chi connectivity index (χ1v) is 12.7. The van der Waals surface area contributed by atoms with Crippen LogP contribution in [0.2, 0.25) is 0 Å². The van der Waals surface area contributed by atoms with E-state index in [2.05, 4.69) is 49.8 Å². The Bertz CT molecular complexity index is 1380. The van der Waals surface area contributed by atoms with E-state index >= 15 is 0 Å². The van der Waals surface area contributed by atoms with Crippen molar-refractivity contribution in [3.63, 3.8) is 0 Å². The lowest BCUT2D eigenvalue weighted by atomic mass is 10.1. The number of hydrogen-bond acceptors (Lipinski definition) is 9. The third-order valence-corrected chi connectivity index (χ3v) is 7.24. The Morgan fingerprint density at radius 3 is 2.73 bits per heavy atom. The number of aromatic nitrogens is 4. The molecule has 3 aromatic heterocycles. The Hall–Kier alpha value is -3.67. The fourth-order valence-electron chi connectivity index (χ4n) is 3.90. The number of H-pyrrole nitrogens is 1. The van der Waals surface area contributed by atoms with Crippen molar-refractivity contribution in [2.75, 3.05) is 38.4 Å². The van der Waals surface area contributed by atoms with Gasteiger partial charge in [-0.2, -0.15) is 5.10 Å². The topological polar surface area (TPSA) is 125 Å². The third kappa shape index (κ3) is 6.37. The molecule has 10 nitrogen and oxygen atoms in total.